The molecule has 0 N–H and O–H groups in total. The third kappa shape index (κ3) is 2.82. The molecule has 3 heteroatoms. The maximum absolute atomic E-state index is 5.86. The van der Waals surface area contributed by atoms with E-state index in [1.165, 1.54) is 6.42 Å². The highest BCUT2D eigenvalue weighted by atomic mass is 28.4. The summed E-state index contributed by atoms with van der Waals surface area (Å²) in [6, 6.07) is 2.20. The first-order chi connectivity index (χ1) is 6.76. The van der Waals surface area contributed by atoms with Crippen molar-refractivity contribution in [1.82, 2.24) is 0 Å². The molecule has 2 nitrogen and oxygen atoms in total. The molecule has 80 valence electrons. The lowest BCUT2D eigenvalue weighted by Crippen LogP contribution is -2.39. The third-order valence-corrected chi connectivity index (χ3v) is 6.46. The van der Waals surface area contributed by atoms with E-state index in [4.69, 9.17) is 8.85 Å². The van der Waals surface area contributed by atoms with Gasteiger partial charge in [-0.25, -0.2) is 0 Å². The van der Waals surface area contributed by atoms with Crippen molar-refractivity contribution in [3.05, 3.63) is 18.4 Å². The van der Waals surface area contributed by atoms with Crippen molar-refractivity contribution in [3.63, 3.8) is 0 Å². The van der Waals surface area contributed by atoms with E-state index in [9.17, 15) is 0 Å². The number of rotatable bonds is 5. The highest BCUT2D eigenvalue weighted by Crippen LogP contribution is 2.37. The Labute approximate surface area is 87.9 Å². The van der Waals surface area contributed by atoms with Crippen molar-refractivity contribution >= 4 is 8.56 Å². The van der Waals surface area contributed by atoms with Crippen LogP contribution in [0.1, 0.15) is 20.3 Å². The zero-order valence-electron chi connectivity index (χ0n) is 9.21. The van der Waals surface area contributed by atoms with Crippen molar-refractivity contribution in [2.45, 2.75) is 32.4 Å². The van der Waals surface area contributed by atoms with Gasteiger partial charge in [-0.3, -0.25) is 0 Å². The summed E-state index contributed by atoms with van der Waals surface area (Å²) >= 11 is 0. The van der Waals surface area contributed by atoms with Crippen LogP contribution in [0.3, 0.4) is 0 Å². The molecule has 0 radical (unpaired) electrons. The minimum atomic E-state index is -1.83. The third-order valence-electron chi connectivity index (χ3n) is 2.64. The normalized spacial score (nSPS) is 24.6. The Morgan fingerprint density at radius 2 is 2.07 bits per heavy atom. The maximum atomic E-state index is 5.86. The average molecular weight is 212 g/mol. The number of hydrogen-bond acceptors (Lipinski definition) is 2. The first-order valence-electron chi connectivity index (χ1n) is 5.40. The zero-order valence-corrected chi connectivity index (χ0v) is 10.2. The largest absolute Gasteiger partial charge is 0.394 e. The molecule has 0 aromatic carbocycles. The standard InChI is InChI=1S/C11H20O2Si/c1-4-7-11-8-9-14(10-11,12-5-2)13-6-3/h7,11H,1,5-6,8-10H2,2-3H3. The van der Waals surface area contributed by atoms with Gasteiger partial charge in [0.25, 0.3) is 0 Å². The van der Waals surface area contributed by atoms with Crippen LogP contribution in [0.4, 0.5) is 0 Å². The van der Waals surface area contributed by atoms with Crippen LogP contribution in [0, 0.1) is 5.92 Å². The lowest BCUT2D eigenvalue weighted by Gasteiger charge is -2.25. The quantitative estimate of drug-likeness (QED) is 0.515. The van der Waals surface area contributed by atoms with Crippen LogP contribution >= 0.6 is 0 Å². The lowest BCUT2D eigenvalue weighted by molar-refractivity contribution is 0.188. The molecule has 14 heavy (non-hydrogen) atoms. The molecule has 1 rings (SSSR count). The van der Waals surface area contributed by atoms with Gasteiger partial charge in [0, 0.05) is 13.2 Å². The summed E-state index contributed by atoms with van der Waals surface area (Å²) in [4.78, 5) is 0. The fourth-order valence-electron chi connectivity index (χ4n) is 2.15. The first kappa shape index (κ1) is 11.7. The predicted octanol–water partition coefficient (Wildman–Crippen LogP) is 2.86. The SMILES string of the molecule is C=C=CC1CC[Si](OCC)(OCC)C1. The van der Waals surface area contributed by atoms with Gasteiger partial charge in [0.05, 0.1) is 0 Å². The lowest BCUT2D eigenvalue weighted by atomic mass is 10.1. The average Bonchev–Trinajstić information content (AvgIpc) is 2.51. The zero-order chi connectivity index (χ0) is 10.4. The molecule has 1 aliphatic heterocycles. The molecule has 0 aromatic rings. The van der Waals surface area contributed by atoms with E-state index in [1.54, 1.807) is 0 Å². The molecule has 1 heterocycles. The minimum Gasteiger partial charge on any atom is -0.394 e. The Kier molecular flexibility index (Phi) is 4.62. The smallest absolute Gasteiger partial charge is 0.338 e. The topological polar surface area (TPSA) is 18.5 Å². The second kappa shape index (κ2) is 5.52. The Hall–Kier alpha value is -0.343. The molecule has 1 atom stereocenters. The van der Waals surface area contributed by atoms with Crippen molar-refractivity contribution < 1.29 is 8.85 Å². The van der Waals surface area contributed by atoms with E-state index in [0.29, 0.717) is 5.92 Å². The van der Waals surface area contributed by atoms with Gasteiger partial charge in [-0.1, -0.05) is 6.58 Å². The molecule has 0 bridgehead atoms. The predicted molar refractivity (Wildman–Crippen MR) is 60.4 cm³/mol. The fourth-order valence-corrected chi connectivity index (χ4v) is 5.94. The van der Waals surface area contributed by atoms with Gasteiger partial charge in [0.2, 0.25) is 0 Å². The second-order valence-electron chi connectivity index (χ2n) is 3.65. The number of hydrogen-bond donors (Lipinski definition) is 0. The van der Waals surface area contributed by atoms with Crippen LogP contribution in [0.5, 0.6) is 0 Å². The molecular formula is C11H20O2Si. The van der Waals surface area contributed by atoms with Gasteiger partial charge in [-0.15, -0.1) is 5.73 Å². The fraction of sp³-hybridized carbons (Fsp3) is 0.727. The summed E-state index contributed by atoms with van der Waals surface area (Å²) in [6.07, 6.45) is 3.24. The van der Waals surface area contributed by atoms with E-state index < -0.39 is 8.56 Å². The Balaban J connectivity index is 2.58. The monoisotopic (exact) mass is 212 g/mol. The highest BCUT2D eigenvalue weighted by molar-refractivity contribution is 6.68. The van der Waals surface area contributed by atoms with E-state index in [1.807, 2.05) is 13.8 Å². The molecule has 0 aromatic heterocycles. The van der Waals surface area contributed by atoms with Gasteiger partial charge in [0.1, 0.15) is 0 Å². The molecule has 0 amide bonds. The Bertz CT molecular complexity index is 215. The van der Waals surface area contributed by atoms with Crippen LogP contribution in [0.2, 0.25) is 12.1 Å². The molecule has 1 fully saturated rings. The summed E-state index contributed by atoms with van der Waals surface area (Å²) in [6.45, 7) is 9.26. The first-order valence-corrected chi connectivity index (χ1v) is 7.63. The van der Waals surface area contributed by atoms with Gasteiger partial charge in [0.15, 0.2) is 0 Å². The van der Waals surface area contributed by atoms with Crippen LogP contribution in [-0.4, -0.2) is 21.8 Å². The van der Waals surface area contributed by atoms with Gasteiger partial charge in [-0.2, -0.15) is 0 Å². The van der Waals surface area contributed by atoms with Crippen LogP contribution in [0.15, 0.2) is 18.4 Å². The second-order valence-corrected chi connectivity index (χ2v) is 6.96. The van der Waals surface area contributed by atoms with Crippen molar-refractivity contribution in [2.75, 3.05) is 13.2 Å². The van der Waals surface area contributed by atoms with Crippen molar-refractivity contribution in [3.8, 4) is 0 Å². The Morgan fingerprint density at radius 3 is 2.57 bits per heavy atom. The van der Waals surface area contributed by atoms with E-state index in [0.717, 1.165) is 25.3 Å². The van der Waals surface area contributed by atoms with Crippen LogP contribution in [-0.2, 0) is 8.85 Å². The van der Waals surface area contributed by atoms with Crippen molar-refractivity contribution in [1.29, 1.82) is 0 Å². The van der Waals surface area contributed by atoms with Crippen molar-refractivity contribution in [2.24, 2.45) is 5.92 Å². The summed E-state index contributed by atoms with van der Waals surface area (Å²) < 4.78 is 11.7. The summed E-state index contributed by atoms with van der Waals surface area (Å²) in [5.74, 6) is 0.581. The molecule has 1 saturated heterocycles. The molecule has 0 saturated carbocycles. The van der Waals surface area contributed by atoms with E-state index in [2.05, 4.69) is 18.4 Å². The molecule has 0 spiro atoms. The molecule has 0 aliphatic carbocycles. The van der Waals surface area contributed by atoms with Crippen LogP contribution in [0.25, 0.3) is 0 Å². The molecule has 1 aliphatic rings. The maximum Gasteiger partial charge on any atom is 0.338 e. The number of allylic oxidation sites excluding steroid dienone is 1. The summed E-state index contributed by atoms with van der Waals surface area (Å²) in [5.41, 5.74) is 2.87. The minimum absolute atomic E-state index is 0.581. The van der Waals surface area contributed by atoms with E-state index >= 15 is 0 Å². The highest BCUT2D eigenvalue weighted by Gasteiger charge is 2.44. The molecular weight excluding hydrogens is 192 g/mol. The van der Waals surface area contributed by atoms with Crippen LogP contribution < -0.4 is 0 Å². The van der Waals surface area contributed by atoms with E-state index in [-0.39, 0.29) is 0 Å². The van der Waals surface area contributed by atoms with Gasteiger partial charge >= 0.3 is 8.56 Å². The molecule has 1 unspecified atom stereocenters. The summed E-state index contributed by atoms with van der Waals surface area (Å²) in [7, 11) is -1.83. The Morgan fingerprint density at radius 1 is 1.43 bits per heavy atom. The summed E-state index contributed by atoms with van der Waals surface area (Å²) in [5, 5.41) is 0. The van der Waals surface area contributed by atoms with Gasteiger partial charge < -0.3 is 8.85 Å². The van der Waals surface area contributed by atoms with Gasteiger partial charge in [-0.05, 0) is 44.4 Å².